The van der Waals surface area contributed by atoms with Crippen LogP contribution in [0.2, 0.25) is 0 Å². The molecule has 0 spiro atoms. The molecule has 0 aliphatic carbocycles. The summed E-state index contributed by atoms with van der Waals surface area (Å²) in [4.78, 5) is 0.260. The van der Waals surface area contributed by atoms with Crippen molar-refractivity contribution in [1.29, 1.82) is 0 Å². The van der Waals surface area contributed by atoms with Crippen molar-refractivity contribution < 1.29 is 8.42 Å². The zero-order chi connectivity index (χ0) is 15.5. The maximum atomic E-state index is 12.8. The molecule has 1 aromatic carbocycles. The molecular weight excluding hydrogens is 286 g/mol. The lowest BCUT2D eigenvalue weighted by Gasteiger charge is -2.22. The van der Waals surface area contributed by atoms with E-state index in [-0.39, 0.29) is 4.90 Å². The molecule has 1 aliphatic heterocycles. The number of para-hydroxylation sites is 1. The number of benzene rings is 1. The minimum absolute atomic E-state index is 0.260. The molecule has 1 heterocycles. The summed E-state index contributed by atoms with van der Waals surface area (Å²) in [6.45, 7) is 5.60. The standard InChI is InChI=1S/C15H25N3O2S/c1-12(2)13-6-5-10-18(11-9-13)21(19,20)15-8-4-3-7-14(15)17-16/h3-4,7-8,12-13,17H,5-6,9-11,16H2,1-2H3. The highest BCUT2D eigenvalue weighted by molar-refractivity contribution is 7.89. The number of rotatable bonds is 4. The molecule has 1 aliphatic rings. The molecule has 6 heteroatoms. The molecule has 0 radical (unpaired) electrons. The van der Waals surface area contributed by atoms with Gasteiger partial charge in [0, 0.05) is 13.1 Å². The smallest absolute Gasteiger partial charge is 0.245 e. The number of nitrogens with two attached hydrogens (primary N) is 1. The summed E-state index contributed by atoms with van der Waals surface area (Å²) in [5.41, 5.74) is 2.92. The molecule has 1 atom stereocenters. The Bertz CT molecular complexity index is 572. The van der Waals surface area contributed by atoms with Gasteiger partial charge in [-0.25, -0.2) is 8.42 Å². The first-order chi connectivity index (χ1) is 9.96. The van der Waals surface area contributed by atoms with E-state index in [9.17, 15) is 8.42 Å². The van der Waals surface area contributed by atoms with Crippen molar-refractivity contribution in [1.82, 2.24) is 4.31 Å². The van der Waals surface area contributed by atoms with Gasteiger partial charge in [0.15, 0.2) is 0 Å². The van der Waals surface area contributed by atoms with Gasteiger partial charge in [-0.2, -0.15) is 4.31 Å². The molecule has 0 saturated carbocycles. The highest BCUT2D eigenvalue weighted by Crippen LogP contribution is 2.29. The second-order valence-electron chi connectivity index (χ2n) is 5.98. The maximum Gasteiger partial charge on any atom is 0.245 e. The van der Waals surface area contributed by atoms with Crippen LogP contribution in [0.3, 0.4) is 0 Å². The molecule has 1 aromatic rings. The summed E-state index contributed by atoms with van der Waals surface area (Å²) in [5, 5.41) is 0. The summed E-state index contributed by atoms with van der Waals surface area (Å²) in [6, 6.07) is 6.78. The number of hydrazine groups is 1. The fourth-order valence-corrected chi connectivity index (χ4v) is 4.60. The predicted octanol–water partition coefficient (Wildman–Crippen LogP) is 2.42. The number of sulfonamides is 1. The summed E-state index contributed by atoms with van der Waals surface area (Å²) < 4.78 is 27.3. The van der Waals surface area contributed by atoms with Crippen molar-refractivity contribution in [3.8, 4) is 0 Å². The van der Waals surface area contributed by atoms with Gasteiger partial charge in [0.25, 0.3) is 0 Å². The van der Waals surface area contributed by atoms with Crippen LogP contribution in [0, 0.1) is 11.8 Å². The number of anilines is 1. The summed E-state index contributed by atoms with van der Waals surface area (Å²) in [5.74, 6) is 6.64. The molecule has 5 nitrogen and oxygen atoms in total. The van der Waals surface area contributed by atoms with Gasteiger partial charge in [0.2, 0.25) is 10.0 Å². The second kappa shape index (κ2) is 6.77. The average molecular weight is 311 g/mol. The molecule has 0 bridgehead atoms. The van der Waals surface area contributed by atoms with E-state index in [4.69, 9.17) is 5.84 Å². The largest absolute Gasteiger partial charge is 0.323 e. The fourth-order valence-electron chi connectivity index (χ4n) is 2.95. The average Bonchev–Trinajstić information content (AvgIpc) is 2.73. The molecule has 1 fully saturated rings. The third-order valence-electron chi connectivity index (χ3n) is 4.33. The molecule has 2 rings (SSSR count). The van der Waals surface area contributed by atoms with Crippen molar-refractivity contribution in [2.75, 3.05) is 18.5 Å². The van der Waals surface area contributed by atoms with E-state index in [2.05, 4.69) is 19.3 Å². The van der Waals surface area contributed by atoms with Gasteiger partial charge in [-0.3, -0.25) is 5.84 Å². The maximum absolute atomic E-state index is 12.8. The second-order valence-corrected chi connectivity index (χ2v) is 7.89. The number of hydrogen-bond acceptors (Lipinski definition) is 4. The fraction of sp³-hybridized carbons (Fsp3) is 0.600. The number of nitrogen functional groups attached to an aromatic ring is 1. The number of nitrogens with zero attached hydrogens (tertiary/aromatic N) is 1. The Morgan fingerprint density at radius 2 is 1.95 bits per heavy atom. The molecule has 0 aromatic heterocycles. The Kier molecular flexibility index (Phi) is 5.24. The van der Waals surface area contributed by atoms with Crippen LogP contribution in [0.4, 0.5) is 5.69 Å². The molecule has 1 saturated heterocycles. The van der Waals surface area contributed by atoms with E-state index in [1.807, 2.05) is 0 Å². The van der Waals surface area contributed by atoms with Crippen LogP contribution in [0.1, 0.15) is 33.1 Å². The quantitative estimate of drug-likeness (QED) is 0.661. The van der Waals surface area contributed by atoms with Crippen molar-refractivity contribution in [2.24, 2.45) is 17.7 Å². The zero-order valence-corrected chi connectivity index (χ0v) is 13.6. The molecule has 3 N–H and O–H groups in total. The van der Waals surface area contributed by atoms with Gasteiger partial charge < -0.3 is 5.43 Å². The Morgan fingerprint density at radius 1 is 1.24 bits per heavy atom. The van der Waals surface area contributed by atoms with Crippen molar-refractivity contribution in [3.05, 3.63) is 24.3 Å². The van der Waals surface area contributed by atoms with E-state index in [0.29, 0.717) is 30.6 Å². The van der Waals surface area contributed by atoms with Crippen LogP contribution in [-0.4, -0.2) is 25.8 Å². The Labute approximate surface area is 127 Å². The van der Waals surface area contributed by atoms with Crippen LogP contribution in [0.5, 0.6) is 0 Å². The summed E-state index contributed by atoms with van der Waals surface area (Å²) in [6.07, 6.45) is 2.94. The minimum Gasteiger partial charge on any atom is -0.323 e. The van der Waals surface area contributed by atoms with Gasteiger partial charge in [0.1, 0.15) is 4.90 Å². The first kappa shape index (κ1) is 16.3. The monoisotopic (exact) mass is 311 g/mol. The first-order valence-corrected chi connectivity index (χ1v) is 8.96. The molecule has 118 valence electrons. The Hall–Kier alpha value is -1.11. The molecule has 21 heavy (non-hydrogen) atoms. The molecule has 1 unspecified atom stereocenters. The van der Waals surface area contributed by atoms with Gasteiger partial charge in [0.05, 0.1) is 5.69 Å². The summed E-state index contributed by atoms with van der Waals surface area (Å²) in [7, 11) is -3.49. The van der Waals surface area contributed by atoms with Gasteiger partial charge >= 0.3 is 0 Å². The lowest BCUT2D eigenvalue weighted by molar-refractivity contribution is 0.341. The minimum atomic E-state index is -3.49. The van der Waals surface area contributed by atoms with E-state index < -0.39 is 10.0 Å². The van der Waals surface area contributed by atoms with E-state index in [1.54, 1.807) is 28.6 Å². The topological polar surface area (TPSA) is 75.4 Å². The number of hydrogen-bond donors (Lipinski definition) is 2. The predicted molar refractivity (Wildman–Crippen MR) is 85.2 cm³/mol. The molecular formula is C15H25N3O2S. The van der Waals surface area contributed by atoms with E-state index in [1.165, 1.54) is 0 Å². The Morgan fingerprint density at radius 3 is 2.62 bits per heavy atom. The summed E-state index contributed by atoms with van der Waals surface area (Å²) >= 11 is 0. The van der Waals surface area contributed by atoms with Gasteiger partial charge in [-0.05, 0) is 43.2 Å². The van der Waals surface area contributed by atoms with Crippen molar-refractivity contribution in [2.45, 2.75) is 38.0 Å². The number of nitrogens with one attached hydrogen (secondary N) is 1. The van der Waals surface area contributed by atoms with Crippen molar-refractivity contribution >= 4 is 15.7 Å². The third kappa shape index (κ3) is 3.56. The van der Waals surface area contributed by atoms with Crippen molar-refractivity contribution in [3.63, 3.8) is 0 Å². The zero-order valence-electron chi connectivity index (χ0n) is 12.7. The van der Waals surface area contributed by atoms with Crippen LogP contribution in [0.25, 0.3) is 0 Å². The van der Waals surface area contributed by atoms with E-state index >= 15 is 0 Å². The first-order valence-electron chi connectivity index (χ1n) is 7.52. The van der Waals surface area contributed by atoms with Crippen LogP contribution >= 0.6 is 0 Å². The SMILES string of the molecule is CC(C)C1CCCN(S(=O)(=O)c2ccccc2NN)CC1. The van der Waals surface area contributed by atoms with Gasteiger partial charge in [-0.1, -0.05) is 26.0 Å². The highest BCUT2D eigenvalue weighted by atomic mass is 32.2. The lowest BCUT2D eigenvalue weighted by Crippen LogP contribution is -2.33. The van der Waals surface area contributed by atoms with Gasteiger partial charge in [-0.15, -0.1) is 0 Å². The van der Waals surface area contributed by atoms with Crippen LogP contribution in [0.15, 0.2) is 29.2 Å². The third-order valence-corrected chi connectivity index (χ3v) is 6.29. The Balaban J connectivity index is 2.23. The normalized spacial score (nSPS) is 21.2. The van der Waals surface area contributed by atoms with E-state index in [0.717, 1.165) is 19.3 Å². The highest BCUT2D eigenvalue weighted by Gasteiger charge is 2.29. The van der Waals surface area contributed by atoms with Crippen LogP contribution < -0.4 is 11.3 Å². The lowest BCUT2D eigenvalue weighted by atomic mass is 9.89. The molecule has 0 amide bonds. The van der Waals surface area contributed by atoms with Crippen LogP contribution in [-0.2, 0) is 10.0 Å².